The van der Waals surface area contributed by atoms with E-state index in [9.17, 15) is 0 Å². The molecule has 18 heavy (non-hydrogen) atoms. The van der Waals surface area contributed by atoms with Crippen LogP contribution in [-0.2, 0) is 0 Å². The summed E-state index contributed by atoms with van der Waals surface area (Å²) in [6.45, 7) is 6.20. The molecule has 0 fully saturated rings. The number of rotatable bonds is 3. The Morgan fingerprint density at radius 1 is 1.44 bits per heavy atom. The number of benzene rings is 1. The molecule has 0 saturated heterocycles. The lowest BCUT2D eigenvalue weighted by Gasteiger charge is -2.16. The summed E-state index contributed by atoms with van der Waals surface area (Å²) < 4.78 is 2.15. The monoisotopic (exact) mass is 261 g/mol. The number of aromatic nitrogens is 2. The minimum Gasteiger partial charge on any atom is -0.324 e. The summed E-state index contributed by atoms with van der Waals surface area (Å²) in [6, 6.07) is 8.05. The molecule has 94 valence electrons. The highest BCUT2D eigenvalue weighted by atomic mass is 35.5. The van der Waals surface area contributed by atoms with Crippen molar-refractivity contribution in [3.63, 3.8) is 0 Å². The van der Waals surface area contributed by atoms with E-state index >= 15 is 0 Å². The van der Waals surface area contributed by atoms with E-state index in [-0.39, 0.29) is 5.38 Å². The van der Waals surface area contributed by atoms with Crippen LogP contribution >= 0.6 is 11.6 Å². The maximum atomic E-state index is 8.99. The second-order valence-electron chi connectivity index (χ2n) is 4.53. The van der Waals surface area contributed by atoms with Crippen molar-refractivity contribution in [3.05, 3.63) is 29.6 Å². The second kappa shape index (κ2) is 4.99. The summed E-state index contributed by atoms with van der Waals surface area (Å²) in [5.41, 5.74) is 2.54. The van der Waals surface area contributed by atoms with E-state index in [2.05, 4.69) is 29.5 Å². The van der Waals surface area contributed by atoms with Gasteiger partial charge in [-0.25, -0.2) is 4.98 Å². The van der Waals surface area contributed by atoms with E-state index in [1.807, 2.05) is 19.1 Å². The lowest BCUT2D eigenvalue weighted by molar-refractivity contribution is 0.522. The highest BCUT2D eigenvalue weighted by Gasteiger charge is 2.18. The van der Waals surface area contributed by atoms with Crippen LogP contribution in [0, 0.1) is 11.3 Å². The second-order valence-corrected chi connectivity index (χ2v) is 5.18. The average Bonchev–Trinajstić information content (AvgIpc) is 2.76. The van der Waals surface area contributed by atoms with Crippen molar-refractivity contribution < 1.29 is 0 Å². The molecule has 2 aromatic rings. The first-order valence-corrected chi connectivity index (χ1v) is 6.58. The van der Waals surface area contributed by atoms with Gasteiger partial charge in [-0.15, -0.1) is 11.6 Å². The fourth-order valence-electron chi connectivity index (χ4n) is 2.11. The zero-order valence-corrected chi connectivity index (χ0v) is 11.6. The number of hydrogen-bond donors (Lipinski definition) is 0. The Labute approximate surface area is 112 Å². The average molecular weight is 262 g/mol. The lowest BCUT2D eigenvalue weighted by Crippen LogP contribution is -2.09. The van der Waals surface area contributed by atoms with Crippen LogP contribution < -0.4 is 0 Å². The Balaban J connectivity index is 2.75. The molecule has 0 aliphatic heterocycles. The van der Waals surface area contributed by atoms with Crippen LogP contribution in [0.5, 0.6) is 0 Å². The van der Waals surface area contributed by atoms with E-state index in [1.54, 1.807) is 6.07 Å². The molecule has 2 unspecified atom stereocenters. The van der Waals surface area contributed by atoms with Gasteiger partial charge >= 0.3 is 0 Å². The molecule has 0 bridgehead atoms. The van der Waals surface area contributed by atoms with Gasteiger partial charge in [0.25, 0.3) is 0 Å². The van der Waals surface area contributed by atoms with Crippen LogP contribution in [0.2, 0.25) is 0 Å². The van der Waals surface area contributed by atoms with Crippen LogP contribution in [0.25, 0.3) is 11.0 Å². The smallest absolute Gasteiger partial charge is 0.127 e. The number of imidazole rings is 1. The molecular weight excluding hydrogens is 246 g/mol. The van der Waals surface area contributed by atoms with E-state index in [1.165, 1.54) is 0 Å². The third kappa shape index (κ3) is 2.09. The first-order valence-electron chi connectivity index (χ1n) is 6.14. The van der Waals surface area contributed by atoms with Gasteiger partial charge in [0.05, 0.1) is 28.0 Å². The largest absolute Gasteiger partial charge is 0.324 e. The molecule has 1 aromatic carbocycles. The summed E-state index contributed by atoms with van der Waals surface area (Å²) in [5, 5.41) is 8.85. The maximum absolute atomic E-state index is 8.99. The van der Waals surface area contributed by atoms with E-state index in [0.717, 1.165) is 23.3 Å². The van der Waals surface area contributed by atoms with Crippen molar-refractivity contribution in [2.45, 2.75) is 38.6 Å². The van der Waals surface area contributed by atoms with E-state index in [4.69, 9.17) is 16.9 Å². The predicted molar refractivity (Wildman–Crippen MR) is 73.7 cm³/mol. The van der Waals surface area contributed by atoms with Crippen LogP contribution in [0.3, 0.4) is 0 Å². The molecule has 4 heteroatoms. The van der Waals surface area contributed by atoms with Crippen molar-refractivity contribution in [1.29, 1.82) is 5.26 Å². The Morgan fingerprint density at radius 2 is 2.17 bits per heavy atom. The van der Waals surface area contributed by atoms with Gasteiger partial charge in [-0.3, -0.25) is 0 Å². The molecule has 0 aliphatic rings. The van der Waals surface area contributed by atoms with Crippen molar-refractivity contribution in [2.75, 3.05) is 0 Å². The van der Waals surface area contributed by atoms with Crippen molar-refractivity contribution in [2.24, 2.45) is 0 Å². The first kappa shape index (κ1) is 12.9. The van der Waals surface area contributed by atoms with Crippen molar-refractivity contribution in [1.82, 2.24) is 9.55 Å². The Hall–Kier alpha value is -1.53. The molecular formula is C14H16ClN3. The molecule has 1 aromatic heterocycles. The van der Waals surface area contributed by atoms with Crippen LogP contribution in [0.4, 0.5) is 0 Å². The lowest BCUT2D eigenvalue weighted by atomic mass is 10.2. The third-order valence-electron chi connectivity index (χ3n) is 3.23. The molecule has 0 N–H and O–H groups in total. The van der Waals surface area contributed by atoms with Crippen LogP contribution in [-0.4, -0.2) is 9.55 Å². The number of nitriles is 1. The van der Waals surface area contributed by atoms with E-state index < -0.39 is 0 Å². The summed E-state index contributed by atoms with van der Waals surface area (Å²) in [4.78, 5) is 4.58. The van der Waals surface area contributed by atoms with Gasteiger partial charge in [-0.1, -0.05) is 6.92 Å². The molecule has 2 atom stereocenters. The minimum atomic E-state index is -0.142. The number of hydrogen-bond acceptors (Lipinski definition) is 2. The fraction of sp³-hybridized carbons (Fsp3) is 0.429. The molecule has 0 spiro atoms. The quantitative estimate of drug-likeness (QED) is 0.778. The number of alkyl halides is 1. The van der Waals surface area contributed by atoms with Crippen molar-refractivity contribution >= 4 is 22.6 Å². The highest BCUT2D eigenvalue weighted by Crippen LogP contribution is 2.29. The number of fused-ring (bicyclic) bond motifs is 1. The minimum absolute atomic E-state index is 0.142. The third-order valence-corrected chi connectivity index (χ3v) is 3.43. The normalized spacial score (nSPS) is 14.4. The Kier molecular flexibility index (Phi) is 3.58. The van der Waals surface area contributed by atoms with Crippen LogP contribution in [0.15, 0.2) is 18.2 Å². The molecule has 0 aliphatic carbocycles. The van der Waals surface area contributed by atoms with Gasteiger partial charge in [0, 0.05) is 6.04 Å². The Bertz CT molecular complexity index is 607. The molecule has 0 amide bonds. The molecule has 1 heterocycles. The highest BCUT2D eigenvalue weighted by molar-refractivity contribution is 6.20. The van der Waals surface area contributed by atoms with Gasteiger partial charge < -0.3 is 4.57 Å². The van der Waals surface area contributed by atoms with Gasteiger partial charge in [-0.2, -0.15) is 5.26 Å². The Morgan fingerprint density at radius 3 is 2.72 bits per heavy atom. The summed E-state index contributed by atoms with van der Waals surface area (Å²) in [7, 11) is 0. The maximum Gasteiger partial charge on any atom is 0.127 e. The summed E-state index contributed by atoms with van der Waals surface area (Å²) in [5.74, 6) is 0.871. The van der Waals surface area contributed by atoms with Crippen molar-refractivity contribution in [3.8, 4) is 6.07 Å². The van der Waals surface area contributed by atoms with Crippen LogP contribution in [0.1, 0.15) is 50.0 Å². The van der Waals surface area contributed by atoms with E-state index in [0.29, 0.717) is 11.6 Å². The number of halogens is 1. The molecule has 0 radical (unpaired) electrons. The molecule has 2 rings (SSSR count). The topological polar surface area (TPSA) is 41.6 Å². The van der Waals surface area contributed by atoms with Gasteiger partial charge in [0.1, 0.15) is 5.82 Å². The SMILES string of the molecule is CCC(C)n1c(C(C)Cl)nc2ccc(C#N)cc21. The van der Waals surface area contributed by atoms with Gasteiger partial charge in [0.15, 0.2) is 0 Å². The zero-order valence-electron chi connectivity index (χ0n) is 10.8. The number of nitrogens with zero attached hydrogens (tertiary/aromatic N) is 3. The standard InChI is InChI=1S/C14H16ClN3/c1-4-9(2)18-13-7-11(8-16)5-6-12(13)17-14(18)10(3)15/h5-7,9-10H,4H2,1-3H3. The summed E-state index contributed by atoms with van der Waals surface area (Å²) >= 11 is 6.21. The molecule has 3 nitrogen and oxygen atoms in total. The summed E-state index contributed by atoms with van der Waals surface area (Å²) in [6.07, 6.45) is 0.999. The van der Waals surface area contributed by atoms with Gasteiger partial charge in [-0.05, 0) is 38.5 Å². The fourth-order valence-corrected chi connectivity index (χ4v) is 2.26. The predicted octanol–water partition coefficient (Wildman–Crippen LogP) is 4.18. The first-order chi connectivity index (χ1) is 8.58. The molecule has 0 saturated carbocycles. The van der Waals surface area contributed by atoms with Gasteiger partial charge in [0.2, 0.25) is 0 Å². The zero-order chi connectivity index (χ0) is 13.3.